The topological polar surface area (TPSA) is 69.6 Å². The summed E-state index contributed by atoms with van der Waals surface area (Å²) in [6, 6.07) is 7.21. The van der Waals surface area contributed by atoms with Crippen molar-refractivity contribution in [3.8, 4) is 0 Å². The molecule has 1 atom stereocenters. The first kappa shape index (κ1) is 14.0. The zero-order chi connectivity index (χ0) is 13.7. The van der Waals surface area contributed by atoms with Crippen LogP contribution in [0, 0.1) is 0 Å². The lowest BCUT2D eigenvalue weighted by Crippen LogP contribution is -2.44. The third-order valence-corrected chi connectivity index (χ3v) is 2.74. The maximum atomic E-state index is 11.8. The highest BCUT2D eigenvalue weighted by Crippen LogP contribution is 2.13. The molecule has 0 heterocycles. The van der Waals surface area contributed by atoms with Crippen LogP contribution in [0.25, 0.3) is 0 Å². The van der Waals surface area contributed by atoms with Gasteiger partial charge in [-0.25, -0.2) is 9.59 Å². The minimum Gasteiger partial charge on any atom is -0.479 e. The molecule has 2 N–H and O–H groups in total. The average molecular weight is 250 g/mol. The Kier molecular flexibility index (Phi) is 4.71. The highest BCUT2D eigenvalue weighted by Gasteiger charge is 2.23. The summed E-state index contributed by atoms with van der Waals surface area (Å²) in [6.45, 7) is 3.72. The van der Waals surface area contributed by atoms with Crippen molar-refractivity contribution in [3.05, 3.63) is 35.9 Å². The Hall–Kier alpha value is -2.04. The van der Waals surface area contributed by atoms with E-state index in [0.29, 0.717) is 5.56 Å². The summed E-state index contributed by atoms with van der Waals surface area (Å²) in [4.78, 5) is 24.5. The second-order valence-electron chi connectivity index (χ2n) is 4.34. The van der Waals surface area contributed by atoms with Crippen LogP contribution in [-0.2, 0) is 4.79 Å². The van der Waals surface area contributed by atoms with Crippen LogP contribution in [-0.4, -0.2) is 35.1 Å². The van der Waals surface area contributed by atoms with Crippen molar-refractivity contribution >= 4 is 12.0 Å². The predicted molar refractivity (Wildman–Crippen MR) is 68.2 cm³/mol. The Balaban J connectivity index is 2.83. The number of carboxylic acid groups (broad SMARTS) is 1. The van der Waals surface area contributed by atoms with Gasteiger partial charge < -0.3 is 15.3 Å². The predicted octanol–water partition coefficient (Wildman–Crippen LogP) is 1.86. The van der Waals surface area contributed by atoms with E-state index in [9.17, 15) is 9.59 Å². The van der Waals surface area contributed by atoms with Crippen LogP contribution in [0.4, 0.5) is 4.79 Å². The highest BCUT2D eigenvalue weighted by molar-refractivity contribution is 5.83. The van der Waals surface area contributed by atoms with Crippen LogP contribution < -0.4 is 5.32 Å². The smallest absolute Gasteiger partial charge is 0.330 e. The molecule has 0 radical (unpaired) electrons. The summed E-state index contributed by atoms with van der Waals surface area (Å²) in [7, 11) is 1.63. The molecule has 1 rings (SSSR count). The summed E-state index contributed by atoms with van der Waals surface area (Å²) in [6.07, 6.45) is 0. The third kappa shape index (κ3) is 3.48. The number of benzene rings is 1. The monoisotopic (exact) mass is 250 g/mol. The summed E-state index contributed by atoms with van der Waals surface area (Å²) < 4.78 is 0. The van der Waals surface area contributed by atoms with Crippen LogP contribution >= 0.6 is 0 Å². The van der Waals surface area contributed by atoms with Gasteiger partial charge in [-0.2, -0.15) is 0 Å². The van der Waals surface area contributed by atoms with Crippen LogP contribution in [0.2, 0.25) is 0 Å². The van der Waals surface area contributed by atoms with Gasteiger partial charge in [0.15, 0.2) is 6.04 Å². The van der Waals surface area contributed by atoms with E-state index in [1.54, 1.807) is 37.4 Å². The van der Waals surface area contributed by atoms with Crippen LogP contribution in [0.1, 0.15) is 25.5 Å². The van der Waals surface area contributed by atoms with E-state index in [0.717, 1.165) is 0 Å². The first-order chi connectivity index (χ1) is 8.43. The normalized spacial score (nSPS) is 12.0. The van der Waals surface area contributed by atoms with Crippen molar-refractivity contribution in [1.82, 2.24) is 10.2 Å². The van der Waals surface area contributed by atoms with Crippen molar-refractivity contribution in [2.24, 2.45) is 0 Å². The molecule has 0 aromatic heterocycles. The molecule has 0 bridgehead atoms. The van der Waals surface area contributed by atoms with E-state index >= 15 is 0 Å². The van der Waals surface area contributed by atoms with E-state index in [-0.39, 0.29) is 6.04 Å². The molecular weight excluding hydrogens is 232 g/mol. The van der Waals surface area contributed by atoms with Crippen molar-refractivity contribution in [1.29, 1.82) is 0 Å². The van der Waals surface area contributed by atoms with Crippen LogP contribution in [0.15, 0.2) is 30.3 Å². The molecule has 0 spiro atoms. The van der Waals surface area contributed by atoms with E-state index < -0.39 is 18.0 Å². The van der Waals surface area contributed by atoms with Gasteiger partial charge in [-0.3, -0.25) is 0 Å². The molecule has 0 aliphatic carbocycles. The largest absolute Gasteiger partial charge is 0.479 e. The molecule has 0 saturated carbocycles. The lowest BCUT2D eigenvalue weighted by molar-refractivity contribution is -0.139. The first-order valence-corrected chi connectivity index (χ1v) is 5.74. The summed E-state index contributed by atoms with van der Waals surface area (Å²) in [5, 5.41) is 11.7. The van der Waals surface area contributed by atoms with E-state index in [1.807, 2.05) is 13.8 Å². The number of hydrogen-bond donors (Lipinski definition) is 2. The molecule has 5 nitrogen and oxygen atoms in total. The third-order valence-electron chi connectivity index (χ3n) is 2.74. The Morgan fingerprint density at radius 1 is 1.22 bits per heavy atom. The molecule has 1 aromatic rings. The minimum absolute atomic E-state index is 0.00946. The van der Waals surface area contributed by atoms with Gasteiger partial charge in [0.25, 0.3) is 0 Å². The molecule has 18 heavy (non-hydrogen) atoms. The molecule has 0 saturated heterocycles. The second-order valence-corrected chi connectivity index (χ2v) is 4.34. The van der Waals surface area contributed by atoms with Gasteiger partial charge in [0.1, 0.15) is 0 Å². The van der Waals surface area contributed by atoms with Gasteiger partial charge in [0.2, 0.25) is 0 Å². The van der Waals surface area contributed by atoms with Crippen molar-refractivity contribution < 1.29 is 14.7 Å². The molecule has 0 fully saturated rings. The van der Waals surface area contributed by atoms with Gasteiger partial charge in [-0.05, 0) is 19.4 Å². The van der Waals surface area contributed by atoms with E-state index in [1.165, 1.54) is 4.90 Å². The van der Waals surface area contributed by atoms with Gasteiger partial charge in [0, 0.05) is 13.1 Å². The van der Waals surface area contributed by atoms with Crippen LogP contribution in [0.3, 0.4) is 0 Å². The van der Waals surface area contributed by atoms with Crippen molar-refractivity contribution in [3.63, 3.8) is 0 Å². The van der Waals surface area contributed by atoms with Gasteiger partial charge in [0.05, 0.1) is 0 Å². The number of rotatable bonds is 4. The maximum absolute atomic E-state index is 11.8. The van der Waals surface area contributed by atoms with Gasteiger partial charge in [-0.15, -0.1) is 0 Å². The number of hydrogen-bond acceptors (Lipinski definition) is 2. The molecule has 98 valence electrons. The fourth-order valence-corrected chi connectivity index (χ4v) is 1.39. The number of urea groups is 1. The van der Waals surface area contributed by atoms with E-state index in [2.05, 4.69) is 5.32 Å². The quantitative estimate of drug-likeness (QED) is 0.857. The standard InChI is InChI=1S/C13H18N2O3/c1-9(2)15(3)13(18)14-11(12(16)17)10-7-5-4-6-8-10/h4-9,11H,1-3H3,(H,14,18)(H,16,17)/t11-/m1/s1. The molecular formula is C13H18N2O3. The lowest BCUT2D eigenvalue weighted by atomic mass is 10.1. The number of carboxylic acids is 1. The molecule has 1 aromatic carbocycles. The fraction of sp³-hybridized carbons (Fsp3) is 0.385. The Bertz CT molecular complexity index is 418. The number of amides is 2. The average Bonchev–Trinajstić information content (AvgIpc) is 2.35. The molecule has 0 aliphatic rings. The summed E-state index contributed by atoms with van der Waals surface area (Å²) in [5.74, 6) is -1.08. The highest BCUT2D eigenvalue weighted by atomic mass is 16.4. The first-order valence-electron chi connectivity index (χ1n) is 5.74. The number of nitrogens with one attached hydrogen (secondary N) is 1. The SMILES string of the molecule is CC(C)N(C)C(=O)N[C@@H](C(=O)O)c1ccccc1. The number of carbonyl (C=O) groups is 2. The molecule has 2 amide bonds. The van der Waals surface area contributed by atoms with Gasteiger partial charge >= 0.3 is 12.0 Å². The second kappa shape index (κ2) is 6.05. The Morgan fingerprint density at radius 3 is 2.22 bits per heavy atom. The number of nitrogens with zero attached hydrogens (tertiary/aromatic N) is 1. The molecule has 5 heteroatoms. The summed E-state index contributed by atoms with van der Waals surface area (Å²) in [5.41, 5.74) is 0.551. The van der Waals surface area contributed by atoms with E-state index in [4.69, 9.17) is 5.11 Å². The summed E-state index contributed by atoms with van der Waals surface area (Å²) >= 11 is 0. The zero-order valence-corrected chi connectivity index (χ0v) is 10.8. The van der Waals surface area contributed by atoms with Crippen molar-refractivity contribution in [2.45, 2.75) is 25.9 Å². The zero-order valence-electron chi connectivity index (χ0n) is 10.8. The van der Waals surface area contributed by atoms with Gasteiger partial charge in [-0.1, -0.05) is 30.3 Å². The van der Waals surface area contributed by atoms with Crippen molar-refractivity contribution in [2.75, 3.05) is 7.05 Å². The lowest BCUT2D eigenvalue weighted by Gasteiger charge is -2.24. The molecule has 0 aliphatic heterocycles. The van der Waals surface area contributed by atoms with Crippen LogP contribution in [0.5, 0.6) is 0 Å². The molecule has 0 unspecified atom stereocenters. The Labute approximate surface area is 106 Å². The number of aliphatic carboxylic acids is 1. The maximum Gasteiger partial charge on any atom is 0.330 e. The fourth-order valence-electron chi connectivity index (χ4n) is 1.39. The minimum atomic E-state index is -1.08. The Morgan fingerprint density at radius 2 is 1.78 bits per heavy atom. The number of carbonyl (C=O) groups excluding carboxylic acids is 1.